The van der Waals surface area contributed by atoms with Crippen LogP contribution in [0.1, 0.15) is 37.8 Å². The van der Waals surface area contributed by atoms with Crippen molar-refractivity contribution in [3.05, 3.63) is 70.2 Å². The largest absolute Gasteiger partial charge is 0.307 e. The fourth-order valence-electron chi connectivity index (χ4n) is 2.28. The van der Waals surface area contributed by atoms with Crippen LogP contribution in [0.2, 0.25) is 0 Å². The number of rotatable bonds is 5. The van der Waals surface area contributed by atoms with Gasteiger partial charge in [-0.15, -0.1) is 0 Å². The Labute approximate surface area is 130 Å². The smallest absolute Gasteiger partial charge is 0.0377 e. The van der Waals surface area contributed by atoms with Crippen LogP contribution in [0.3, 0.4) is 0 Å². The summed E-state index contributed by atoms with van der Waals surface area (Å²) < 4.78 is 1.12. The fraction of sp³-hybridized carbons (Fsp3) is 0.333. The number of nitrogens with one attached hydrogen (secondary N) is 1. The second-order valence-corrected chi connectivity index (χ2v) is 6.74. The lowest BCUT2D eigenvalue weighted by molar-refractivity contribution is 0.391. The van der Waals surface area contributed by atoms with Gasteiger partial charge in [0, 0.05) is 16.6 Å². The molecule has 0 amide bonds. The van der Waals surface area contributed by atoms with E-state index in [9.17, 15) is 0 Å². The monoisotopic (exact) mass is 331 g/mol. The third-order valence-electron chi connectivity index (χ3n) is 3.78. The maximum absolute atomic E-state index is 3.68. The molecule has 0 aliphatic carbocycles. The SMILES string of the molecule is CC(CNC(C)(C)c1ccc(Br)cc1)c1ccccc1. The number of hydrogen-bond acceptors (Lipinski definition) is 1. The summed E-state index contributed by atoms with van der Waals surface area (Å²) in [4.78, 5) is 0. The molecular weight excluding hydrogens is 310 g/mol. The summed E-state index contributed by atoms with van der Waals surface area (Å²) in [6.45, 7) is 7.69. The highest BCUT2D eigenvalue weighted by atomic mass is 79.9. The Morgan fingerprint density at radius 3 is 2.20 bits per heavy atom. The lowest BCUT2D eigenvalue weighted by Crippen LogP contribution is -2.38. The molecule has 0 aromatic heterocycles. The van der Waals surface area contributed by atoms with Crippen molar-refractivity contribution in [3.8, 4) is 0 Å². The van der Waals surface area contributed by atoms with Gasteiger partial charge in [0.1, 0.15) is 0 Å². The first-order valence-corrected chi connectivity index (χ1v) is 7.84. The van der Waals surface area contributed by atoms with Crippen molar-refractivity contribution < 1.29 is 0 Å². The molecule has 2 aromatic carbocycles. The molecule has 106 valence electrons. The Morgan fingerprint density at radius 2 is 1.60 bits per heavy atom. The van der Waals surface area contributed by atoms with E-state index in [-0.39, 0.29) is 5.54 Å². The van der Waals surface area contributed by atoms with Crippen LogP contribution in [0.15, 0.2) is 59.1 Å². The van der Waals surface area contributed by atoms with Gasteiger partial charge in [-0.25, -0.2) is 0 Å². The highest BCUT2D eigenvalue weighted by molar-refractivity contribution is 9.10. The molecule has 0 heterocycles. The van der Waals surface area contributed by atoms with E-state index in [1.165, 1.54) is 11.1 Å². The van der Waals surface area contributed by atoms with Gasteiger partial charge in [0.2, 0.25) is 0 Å². The first-order valence-electron chi connectivity index (χ1n) is 7.05. The zero-order chi connectivity index (χ0) is 14.6. The minimum Gasteiger partial charge on any atom is -0.307 e. The molecule has 1 atom stereocenters. The minimum atomic E-state index is -0.0241. The summed E-state index contributed by atoms with van der Waals surface area (Å²) in [5.74, 6) is 0.505. The van der Waals surface area contributed by atoms with Crippen molar-refractivity contribution in [1.29, 1.82) is 0 Å². The van der Waals surface area contributed by atoms with Gasteiger partial charge in [0.25, 0.3) is 0 Å². The molecule has 20 heavy (non-hydrogen) atoms. The zero-order valence-corrected chi connectivity index (χ0v) is 13.9. The summed E-state index contributed by atoms with van der Waals surface area (Å²) in [7, 11) is 0. The van der Waals surface area contributed by atoms with E-state index in [0.29, 0.717) is 5.92 Å². The van der Waals surface area contributed by atoms with Crippen LogP contribution in [0.4, 0.5) is 0 Å². The van der Waals surface area contributed by atoms with Crippen LogP contribution in [-0.4, -0.2) is 6.54 Å². The third-order valence-corrected chi connectivity index (χ3v) is 4.31. The quantitative estimate of drug-likeness (QED) is 0.805. The molecule has 0 spiro atoms. The van der Waals surface area contributed by atoms with Gasteiger partial charge >= 0.3 is 0 Å². The molecule has 0 bridgehead atoms. The van der Waals surface area contributed by atoms with Crippen LogP contribution < -0.4 is 5.32 Å². The molecule has 1 N–H and O–H groups in total. The van der Waals surface area contributed by atoms with E-state index in [1.807, 2.05) is 0 Å². The van der Waals surface area contributed by atoms with E-state index >= 15 is 0 Å². The van der Waals surface area contributed by atoms with Gasteiger partial charge in [0.05, 0.1) is 0 Å². The molecule has 0 saturated heterocycles. The van der Waals surface area contributed by atoms with E-state index in [4.69, 9.17) is 0 Å². The predicted octanol–water partition coefficient (Wildman–Crippen LogP) is 5.08. The molecule has 0 radical (unpaired) electrons. The summed E-state index contributed by atoms with van der Waals surface area (Å²) >= 11 is 3.48. The average molecular weight is 332 g/mol. The first-order chi connectivity index (χ1) is 9.49. The molecule has 0 aliphatic rings. The van der Waals surface area contributed by atoms with Gasteiger partial charge in [-0.05, 0) is 43.0 Å². The van der Waals surface area contributed by atoms with Gasteiger partial charge in [-0.2, -0.15) is 0 Å². The Balaban J connectivity index is 2.00. The highest BCUT2D eigenvalue weighted by Crippen LogP contribution is 2.23. The lowest BCUT2D eigenvalue weighted by Gasteiger charge is -2.29. The van der Waals surface area contributed by atoms with E-state index in [1.54, 1.807) is 0 Å². The minimum absolute atomic E-state index is 0.0241. The fourth-order valence-corrected chi connectivity index (χ4v) is 2.54. The summed E-state index contributed by atoms with van der Waals surface area (Å²) in [6, 6.07) is 19.2. The van der Waals surface area contributed by atoms with Gasteiger partial charge < -0.3 is 5.32 Å². The number of benzene rings is 2. The summed E-state index contributed by atoms with van der Waals surface area (Å²) in [5.41, 5.74) is 2.66. The van der Waals surface area contributed by atoms with E-state index in [2.05, 4.69) is 96.6 Å². The molecule has 2 aromatic rings. The topological polar surface area (TPSA) is 12.0 Å². The molecule has 1 unspecified atom stereocenters. The lowest BCUT2D eigenvalue weighted by atomic mass is 9.92. The molecule has 2 rings (SSSR count). The van der Waals surface area contributed by atoms with Gasteiger partial charge in [-0.1, -0.05) is 65.3 Å². The average Bonchev–Trinajstić information content (AvgIpc) is 2.46. The maximum Gasteiger partial charge on any atom is 0.0377 e. The number of halogens is 1. The van der Waals surface area contributed by atoms with E-state index < -0.39 is 0 Å². The Morgan fingerprint density at radius 1 is 1.00 bits per heavy atom. The summed E-state index contributed by atoms with van der Waals surface area (Å²) in [6.07, 6.45) is 0. The van der Waals surface area contributed by atoms with Crippen molar-refractivity contribution in [2.45, 2.75) is 32.2 Å². The zero-order valence-electron chi connectivity index (χ0n) is 12.4. The van der Waals surface area contributed by atoms with Gasteiger partial charge in [-0.3, -0.25) is 0 Å². The van der Waals surface area contributed by atoms with Crippen molar-refractivity contribution in [1.82, 2.24) is 5.32 Å². The molecule has 1 nitrogen and oxygen atoms in total. The maximum atomic E-state index is 3.68. The van der Waals surface area contributed by atoms with E-state index in [0.717, 1.165) is 11.0 Å². The Bertz CT molecular complexity index is 531. The Hall–Kier alpha value is -1.12. The Kier molecular flexibility index (Phi) is 5.00. The standard InChI is InChI=1S/C18H22BrN/c1-14(15-7-5-4-6-8-15)13-20-18(2,3)16-9-11-17(19)12-10-16/h4-12,14,20H,13H2,1-3H3. The molecular formula is C18H22BrN. The molecule has 0 saturated carbocycles. The third kappa shape index (κ3) is 3.94. The second kappa shape index (κ2) is 6.55. The molecule has 0 aliphatic heterocycles. The number of hydrogen-bond donors (Lipinski definition) is 1. The van der Waals surface area contributed by atoms with Crippen LogP contribution in [0.5, 0.6) is 0 Å². The van der Waals surface area contributed by atoms with Crippen molar-refractivity contribution in [2.24, 2.45) is 0 Å². The first kappa shape index (κ1) is 15.3. The molecule has 2 heteroatoms. The second-order valence-electron chi connectivity index (χ2n) is 5.82. The van der Waals surface area contributed by atoms with Crippen LogP contribution >= 0.6 is 15.9 Å². The van der Waals surface area contributed by atoms with Gasteiger partial charge in [0.15, 0.2) is 0 Å². The van der Waals surface area contributed by atoms with Crippen LogP contribution in [-0.2, 0) is 5.54 Å². The van der Waals surface area contributed by atoms with Crippen molar-refractivity contribution >= 4 is 15.9 Å². The molecule has 0 fully saturated rings. The van der Waals surface area contributed by atoms with Crippen LogP contribution in [0, 0.1) is 0 Å². The van der Waals surface area contributed by atoms with Crippen LogP contribution in [0.25, 0.3) is 0 Å². The predicted molar refractivity (Wildman–Crippen MR) is 90.0 cm³/mol. The van der Waals surface area contributed by atoms with Crippen molar-refractivity contribution in [2.75, 3.05) is 6.54 Å². The highest BCUT2D eigenvalue weighted by Gasteiger charge is 2.20. The van der Waals surface area contributed by atoms with Crippen molar-refractivity contribution in [3.63, 3.8) is 0 Å². The normalized spacial score (nSPS) is 13.2. The summed E-state index contributed by atoms with van der Waals surface area (Å²) in [5, 5.41) is 3.68.